The highest BCUT2D eigenvalue weighted by Crippen LogP contribution is 2.21. The van der Waals surface area contributed by atoms with Crippen molar-refractivity contribution in [1.82, 2.24) is 0 Å². The van der Waals surface area contributed by atoms with Crippen molar-refractivity contribution in [1.29, 1.82) is 0 Å². The minimum Gasteiger partial charge on any atom is -0.545 e. The van der Waals surface area contributed by atoms with E-state index in [0.29, 0.717) is 5.69 Å². The lowest BCUT2D eigenvalue weighted by Crippen LogP contribution is -2.22. The number of non-ortho nitro benzene ring substituents is 1. The molecule has 158 valence electrons. The van der Waals surface area contributed by atoms with Crippen LogP contribution in [0.5, 0.6) is 0 Å². The number of nitrogens with one attached hydrogen (secondary N) is 2. The zero-order valence-corrected chi connectivity index (χ0v) is 16.5. The molecule has 0 aliphatic carbocycles. The van der Waals surface area contributed by atoms with E-state index in [-0.39, 0.29) is 27.4 Å². The number of carboxylic acid groups (broad SMARTS) is 1. The fourth-order valence-electron chi connectivity index (χ4n) is 2.59. The van der Waals surface area contributed by atoms with Gasteiger partial charge in [0.2, 0.25) is 0 Å². The molecule has 31 heavy (non-hydrogen) atoms. The largest absolute Gasteiger partial charge is 0.545 e. The second-order valence-electron chi connectivity index (χ2n) is 6.26. The van der Waals surface area contributed by atoms with Gasteiger partial charge in [-0.05, 0) is 42.0 Å². The van der Waals surface area contributed by atoms with Crippen molar-refractivity contribution < 1.29 is 28.0 Å². The molecule has 0 aromatic heterocycles. The number of sulfonamides is 1. The van der Waals surface area contributed by atoms with E-state index in [9.17, 15) is 33.2 Å². The van der Waals surface area contributed by atoms with Gasteiger partial charge >= 0.3 is 0 Å². The van der Waals surface area contributed by atoms with Gasteiger partial charge in [0.05, 0.1) is 21.5 Å². The molecule has 3 aromatic carbocycles. The molecule has 0 spiro atoms. The van der Waals surface area contributed by atoms with E-state index < -0.39 is 26.8 Å². The molecule has 2 N–H and O–H groups in total. The Bertz CT molecular complexity index is 1270. The Labute approximate surface area is 176 Å². The second-order valence-corrected chi connectivity index (χ2v) is 7.94. The lowest BCUT2D eigenvalue weighted by molar-refractivity contribution is -0.384. The van der Waals surface area contributed by atoms with Crippen molar-refractivity contribution in [2.75, 3.05) is 10.0 Å². The van der Waals surface area contributed by atoms with Crippen molar-refractivity contribution in [3.63, 3.8) is 0 Å². The van der Waals surface area contributed by atoms with E-state index in [4.69, 9.17) is 0 Å². The number of anilines is 2. The first kappa shape index (κ1) is 21.5. The van der Waals surface area contributed by atoms with Crippen LogP contribution in [0.2, 0.25) is 0 Å². The van der Waals surface area contributed by atoms with Gasteiger partial charge in [0.25, 0.3) is 21.6 Å². The summed E-state index contributed by atoms with van der Waals surface area (Å²) >= 11 is 0. The number of carboxylic acids is 1. The van der Waals surface area contributed by atoms with Gasteiger partial charge in [-0.15, -0.1) is 0 Å². The number of benzene rings is 3. The lowest BCUT2D eigenvalue weighted by atomic mass is 10.2. The third-order valence-corrected chi connectivity index (χ3v) is 5.47. The summed E-state index contributed by atoms with van der Waals surface area (Å²) in [6.07, 6.45) is 0. The second kappa shape index (κ2) is 8.63. The van der Waals surface area contributed by atoms with Gasteiger partial charge in [-0.3, -0.25) is 19.6 Å². The molecule has 0 unspecified atom stereocenters. The highest BCUT2D eigenvalue weighted by molar-refractivity contribution is 7.92. The van der Waals surface area contributed by atoms with Gasteiger partial charge in [0, 0.05) is 23.4 Å². The summed E-state index contributed by atoms with van der Waals surface area (Å²) < 4.78 is 27.5. The summed E-state index contributed by atoms with van der Waals surface area (Å²) in [5.74, 6) is -1.97. The molecule has 0 aliphatic rings. The van der Waals surface area contributed by atoms with Crippen LogP contribution in [0.25, 0.3) is 0 Å². The van der Waals surface area contributed by atoms with Crippen molar-refractivity contribution >= 4 is 39.0 Å². The summed E-state index contributed by atoms with van der Waals surface area (Å²) in [4.78, 5) is 33.2. The van der Waals surface area contributed by atoms with Gasteiger partial charge < -0.3 is 15.2 Å². The van der Waals surface area contributed by atoms with Gasteiger partial charge in [-0.1, -0.05) is 24.3 Å². The van der Waals surface area contributed by atoms with Gasteiger partial charge in [0.1, 0.15) is 0 Å². The fourth-order valence-corrected chi connectivity index (χ4v) is 3.69. The monoisotopic (exact) mass is 440 g/mol. The van der Waals surface area contributed by atoms with Gasteiger partial charge in [0.15, 0.2) is 0 Å². The Morgan fingerprint density at radius 1 is 0.839 bits per heavy atom. The first-order chi connectivity index (χ1) is 14.7. The standard InChI is InChI=1S/C20H15N3O7S/c24-19(21-15-9-7-13(8-10-15)20(25)26)14-3-1-6-18(11-14)31(29,30)22-16-4-2-5-17(12-16)23(27)28/h1-12,22H,(H,21,24)(H,25,26)/p-1. The van der Waals surface area contributed by atoms with Crippen LogP contribution in [-0.4, -0.2) is 25.2 Å². The minimum absolute atomic E-state index is 0.00272. The zero-order valence-electron chi connectivity index (χ0n) is 15.6. The third-order valence-electron chi connectivity index (χ3n) is 4.09. The zero-order chi connectivity index (χ0) is 22.6. The maximum Gasteiger partial charge on any atom is 0.271 e. The maximum atomic E-state index is 12.6. The van der Waals surface area contributed by atoms with Crippen LogP contribution in [0.3, 0.4) is 0 Å². The fraction of sp³-hybridized carbons (Fsp3) is 0. The molecule has 10 nitrogen and oxygen atoms in total. The minimum atomic E-state index is -4.12. The van der Waals surface area contributed by atoms with Crippen molar-refractivity contribution in [2.45, 2.75) is 4.90 Å². The Morgan fingerprint density at radius 3 is 2.16 bits per heavy atom. The molecule has 3 aromatic rings. The predicted molar refractivity (Wildman–Crippen MR) is 109 cm³/mol. The van der Waals surface area contributed by atoms with E-state index in [1.54, 1.807) is 0 Å². The van der Waals surface area contributed by atoms with Crippen LogP contribution in [0.15, 0.2) is 77.7 Å². The highest BCUT2D eigenvalue weighted by atomic mass is 32.2. The molecule has 0 fully saturated rings. The first-order valence-corrected chi connectivity index (χ1v) is 10.1. The molecular weight excluding hydrogens is 426 g/mol. The summed E-state index contributed by atoms with van der Waals surface area (Å²) in [7, 11) is -4.12. The molecule has 0 atom stereocenters. The number of amides is 1. The third kappa shape index (κ3) is 5.22. The lowest BCUT2D eigenvalue weighted by Gasteiger charge is -2.10. The number of carbonyl (C=O) groups excluding carboxylic acids is 2. The quantitative estimate of drug-likeness (QED) is 0.420. The summed E-state index contributed by atoms with van der Waals surface area (Å²) in [6, 6.07) is 15.4. The van der Waals surface area contributed by atoms with E-state index in [1.165, 1.54) is 60.7 Å². The van der Waals surface area contributed by atoms with Crippen LogP contribution in [-0.2, 0) is 10.0 Å². The van der Waals surface area contributed by atoms with Crippen LogP contribution < -0.4 is 15.1 Å². The summed E-state index contributed by atoms with van der Waals surface area (Å²) in [5, 5.41) is 24.2. The van der Waals surface area contributed by atoms with Crippen molar-refractivity contribution in [2.24, 2.45) is 0 Å². The normalized spacial score (nSPS) is 10.8. The van der Waals surface area contributed by atoms with Crippen molar-refractivity contribution in [3.05, 3.63) is 94.0 Å². The Balaban J connectivity index is 1.79. The number of hydrogen-bond acceptors (Lipinski definition) is 7. The van der Waals surface area contributed by atoms with Crippen LogP contribution in [0.1, 0.15) is 20.7 Å². The first-order valence-electron chi connectivity index (χ1n) is 8.66. The van der Waals surface area contributed by atoms with Crippen LogP contribution in [0, 0.1) is 10.1 Å². The molecular formula is C20H14N3O7S-. The van der Waals surface area contributed by atoms with E-state index >= 15 is 0 Å². The molecule has 0 aliphatic heterocycles. The number of aromatic carboxylic acids is 1. The summed E-state index contributed by atoms with van der Waals surface area (Å²) in [5.41, 5.74) is -0.00252. The predicted octanol–water partition coefficient (Wildman–Crippen LogP) is 2.01. The summed E-state index contributed by atoms with van der Waals surface area (Å²) in [6.45, 7) is 0. The molecule has 0 saturated carbocycles. The van der Waals surface area contributed by atoms with Crippen LogP contribution in [0.4, 0.5) is 17.1 Å². The van der Waals surface area contributed by atoms with E-state index in [1.807, 2.05) is 0 Å². The number of hydrogen-bond donors (Lipinski definition) is 2. The molecule has 1 amide bonds. The molecule has 0 saturated heterocycles. The average Bonchev–Trinajstić information content (AvgIpc) is 2.74. The smallest absolute Gasteiger partial charge is 0.271 e. The SMILES string of the molecule is O=C([O-])c1ccc(NC(=O)c2cccc(S(=O)(=O)Nc3cccc([N+](=O)[O-])c3)c2)cc1. The Morgan fingerprint density at radius 2 is 1.52 bits per heavy atom. The molecule has 3 rings (SSSR count). The number of nitrogens with zero attached hydrogens (tertiary/aromatic N) is 1. The Kier molecular flexibility index (Phi) is 5.97. The maximum absolute atomic E-state index is 12.6. The number of nitro groups is 1. The van der Waals surface area contributed by atoms with E-state index in [2.05, 4.69) is 10.0 Å². The molecule has 0 bridgehead atoms. The van der Waals surface area contributed by atoms with Gasteiger partial charge in [-0.2, -0.15) is 0 Å². The Hall–Kier alpha value is -4.25. The average molecular weight is 440 g/mol. The molecule has 0 heterocycles. The van der Waals surface area contributed by atoms with Crippen LogP contribution >= 0.6 is 0 Å². The number of rotatable bonds is 7. The van der Waals surface area contributed by atoms with Gasteiger partial charge in [-0.25, -0.2) is 8.42 Å². The topological polar surface area (TPSA) is 159 Å². The van der Waals surface area contributed by atoms with Crippen molar-refractivity contribution in [3.8, 4) is 0 Å². The molecule has 11 heteroatoms. The highest BCUT2D eigenvalue weighted by Gasteiger charge is 2.18. The molecule has 0 radical (unpaired) electrons. The van der Waals surface area contributed by atoms with E-state index in [0.717, 1.165) is 12.1 Å². The number of nitro benzene ring substituents is 1. The number of carbonyl (C=O) groups is 2.